The molecule has 1 aliphatic rings. The third-order valence-corrected chi connectivity index (χ3v) is 5.84. The van der Waals surface area contributed by atoms with Crippen LogP contribution in [0.5, 0.6) is 0 Å². The molecule has 0 aromatic heterocycles. The highest BCUT2D eigenvalue weighted by Crippen LogP contribution is 2.30. The molecule has 1 saturated carbocycles. The average Bonchev–Trinajstić information content (AvgIpc) is 3.14. The Bertz CT molecular complexity index is 694. The number of rotatable bonds is 13. The van der Waals surface area contributed by atoms with Gasteiger partial charge in [-0.05, 0) is 24.6 Å². The Morgan fingerprint density at radius 2 is 1.37 bits per heavy atom. The van der Waals surface area contributed by atoms with E-state index in [4.69, 9.17) is 14.2 Å². The van der Waals surface area contributed by atoms with Crippen molar-refractivity contribution in [1.82, 2.24) is 5.32 Å². The number of ether oxygens (including phenoxy) is 3. The van der Waals surface area contributed by atoms with Crippen molar-refractivity contribution in [2.45, 2.75) is 76.6 Å². The van der Waals surface area contributed by atoms with Crippen molar-refractivity contribution in [2.75, 3.05) is 13.7 Å². The van der Waals surface area contributed by atoms with E-state index in [0.29, 0.717) is 13.2 Å². The van der Waals surface area contributed by atoms with Crippen LogP contribution >= 0.6 is 0 Å². The van der Waals surface area contributed by atoms with Gasteiger partial charge in [0.15, 0.2) is 0 Å². The van der Waals surface area contributed by atoms with E-state index in [9.17, 15) is 0 Å². The van der Waals surface area contributed by atoms with Gasteiger partial charge in [0.1, 0.15) is 6.10 Å². The zero-order valence-corrected chi connectivity index (χ0v) is 18.5. The fourth-order valence-corrected chi connectivity index (χ4v) is 4.15. The molecule has 4 nitrogen and oxygen atoms in total. The largest absolute Gasteiger partial charge is 0.374 e. The van der Waals surface area contributed by atoms with Gasteiger partial charge in [-0.25, -0.2) is 0 Å². The van der Waals surface area contributed by atoms with Gasteiger partial charge in [-0.3, -0.25) is 0 Å². The Morgan fingerprint density at radius 1 is 0.767 bits per heavy atom. The van der Waals surface area contributed by atoms with Crippen LogP contribution in [-0.4, -0.2) is 38.0 Å². The zero-order chi connectivity index (χ0) is 21.0. The highest BCUT2D eigenvalue weighted by Gasteiger charge is 2.44. The molecule has 2 aromatic rings. The lowest BCUT2D eigenvalue weighted by molar-refractivity contribution is -0.0715. The van der Waals surface area contributed by atoms with Gasteiger partial charge in [0.05, 0.1) is 31.5 Å². The molecule has 1 aliphatic carbocycles. The van der Waals surface area contributed by atoms with Crippen molar-refractivity contribution in [3.63, 3.8) is 0 Å². The third-order valence-electron chi connectivity index (χ3n) is 5.84. The summed E-state index contributed by atoms with van der Waals surface area (Å²) in [6.45, 7) is 4.22. The van der Waals surface area contributed by atoms with Gasteiger partial charge in [0, 0.05) is 13.0 Å². The molecular formula is C26H37NO3. The number of nitrogens with one attached hydrogen (secondary N) is 1. The summed E-state index contributed by atoms with van der Waals surface area (Å²) in [6, 6.07) is 20.8. The number of hydrogen-bond donors (Lipinski definition) is 1. The van der Waals surface area contributed by atoms with Gasteiger partial charge in [-0.1, -0.05) is 86.8 Å². The molecule has 0 heterocycles. The second kappa shape index (κ2) is 12.9. The normalized spacial score (nSPS) is 23.7. The summed E-state index contributed by atoms with van der Waals surface area (Å²) in [4.78, 5) is 0. The number of hydrogen-bond acceptors (Lipinski definition) is 4. The number of benzene rings is 2. The summed E-state index contributed by atoms with van der Waals surface area (Å²) in [7, 11) is 2.00. The molecule has 4 heteroatoms. The Kier molecular flexibility index (Phi) is 9.84. The molecule has 30 heavy (non-hydrogen) atoms. The fraction of sp³-hybridized carbons (Fsp3) is 0.538. The fourth-order valence-electron chi connectivity index (χ4n) is 4.15. The third kappa shape index (κ3) is 6.92. The van der Waals surface area contributed by atoms with E-state index < -0.39 is 0 Å². The first kappa shape index (κ1) is 23.0. The first-order valence-corrected chi connectivity index (χ1v) is 11.4. The molecule has 4 unspecified atom stereocenters. The molecular weight excluding hydrogens is 374 g/mol. The van der Waals surface area contributed by atoms with E-state index in [2.05, 4.69) is 60.8 Å². The molecule has 0 amide bonds. The Labute approximate surface area is 181 Å². The molecule has 0 bridgehead atoms. The second-order valence-corrected chi connectivity index (χ2v) is 8.12. The van der Waals surface area contributed by atoms with Crippen LogP contribution < -0.4 is 5.32 Å². The summed E-state index contributed by atoms with van der Waals surface area (Å²) in [5.41, 5.74) is 2.38. The highest BCUT2D eigenvalue weighted by molar-refractivity contribution is 5.14. The zero-order valence-electron chi connectivity index (χ0n) is 18.5. The van der Waals surface area contributed by atoms with Gasteiger partial charge in [0.2, 0.25) is 0 Å². The van der Waals surface area contributed by atoms with Gasteiger partial charge < -0.3 is 19.5 Å². The molecule has 0 saturated heterocycles. The van der Waals surface area contributed by atoms with E-state index in [0.717, 1.165) is 19.4 Å². The summed E-state index contributed by atoms with van der Waals surface area (Å²) in [5, 5.41) is 3.45. The van der Waals surface area contributed by atoms with E-state index in [1.807, 2.05) is 19.2 Å². The minimum atomic E-state index is 0.00103. The molecule has 1 fully saturated rings. The van der Waals surface area contributed by atoms with Crippen LogP contribution in [0.1, 0.15) is 50.2 Å². The molecule has 0 radical (unpaired) electrons. The summed E-state index contributed by atoms with van der Waals surface area (Å²) < 4.78 is 19.0. The minimum absolute atomic E-state index is 0.00103. The van der Waals surface area contributed by atoms with Crippen LogP contribution in [0.25, 0.3) is 0 Å². The van der Waals surface area contributed by atoms with Crippen LogP contribution in [0.4, 0.5) is 0 Å². The van der Waals surface area contributed by atoms with Gasteiger partial charge in [-0.15, -0.1) is 0 Å². The van der Waals surface area contributed by atoms with Gasteiger partial charge >= 0.3 is 0 Å². The van der Waals surface area contributed by atoms with Crippen molar-refractivity contribution in [1.29, 1.82) is 0 Å². The lowest BCUT2D eigenvalue weighted by atomic mass is 10.1. The number of unbranched alkanes of at least 4 members (excludes halogenated alkanes) is 3. The predicted molar refractivity (Wildman–Crippen MR) is 121 cm³/mol. The van der Waals surface area contributed by atoms with Crippen LogP contribution in [0.3, 0.4) is 0 Å². The van der Waals surface area contributed by atoms with Crippen LogP contribution in [-0.2, 0) is 27.4 Å². The van der Waals surface area contributed by atoms with Crippen molar-refractivity contribution < 1.29 is 14.2 Å². The monoisotopic (exact) mass is 411 g/mol. The lowest BCUT2D eigenvalue weighted by Crippen LogP contribution is -2.45. The van der Waals surface area contributed by atoms with E-state index in [1.54, 1.807) is 0 Å². The van der Waals surface area contributed by atoms with Crippen molar-refractivity contribution in [3.05, 3.63) is 71.8 Å². The maximum Gasteiger partial charge on any atom is 0.101 e. The maximum absolute atomic E-state index is 6.37. The Hall–Kier alpha value is -1.72. The summed E-state index contributed by atoms with van der Waals surface area (Å²) in [6.07, 6.45) is 5.75. The number of likely N-dealkylation sites (N-methyl/N-ethyl adjacent to an activating group) is 1. The molecule has 0 spiro atoms. The van der Waals surface area contributed by atoms with E-state index in [-0.39, 0.29) is 24.4 Å². The Morgan fingerprint density at radius 3 is 1.93 bits per heavy atom. The molecule has 1 N–H and O–H groups in total. The van der Waals surface area contributed by atoms with Crippen LogP contribution in [0.2, 0.25) is 0 Å². The Balaban J connectivity index is 1.60. The first-order valence-electron chi connectivity index (χ1n) is 11.4. The maximum atomic E-state index is 6.37. The predicted octanol–water partition coefficient (Wildman–Crippen LogP) is 5.11. The van der Waals surface area contributed by atoms with Crippen molar-refractivity contribution >= 4 is 0 Å². The molecule has 4 atom stereocenters. The average molecular weight is 412 g/mol. The summed E-state index contributed by atoms with van der Waals surface area (Å²) >= 11 is 0. The molecule has 3 rings (SSSR count). The quantitative estimate of drug-likeness (QED) is 0.465. The minimum Gasteiger partial charge on any atom is -0.374 e. The van der Waals surface area contributed by atoms with E-state index >= 15 is 0 Å². The van der Waals surface area contributed by atoms with Gasteiger partial charge in [-0.2, -0.15) is 0 Å². The standard InChI is InChI=1S/C26H37NO3/c1-3-4-5-12-17-28-26-24(30-20-22-15-10-7-11-16-22)18-23(25(26)27-2)29-19-21-13-8-6-9-14-21/h6-11,13-16,23-27H,3-5,12,17-20H2,1-2H3. The lowest BCUT2D eigenvalue weighted by Gasteiger charge is -2.27. The highest BCUT2D eigenvalue weighted by atomic mass is 16.6. The molecule has 164 valence electrons. The smallest absolute Gasteiger partial charge is 0.101 e. The second-order valence-electron chi connectivity index (χ2n) is 8.12. The molecule has 2 aromatic carbocycles. The SMILES string of the molecule is CCCCCCOC1C(OCc2ccccc2)CC(OCc2ccccc2)C1NC. The topological polar surface area (TPSA) is 39.7 Å². The van der Waals surface area contributed by atoms with Crippen LogP contribution in [0.15, 0.2) is 60.7 Å². The van der Waals surface area contributed by atoms with Crippen molar-refractivity contribution in [3.8, 4) is 0 Å². The molecule has 0 aliphatic heterocycles. The van der Waals surface area contributed by atoms with Crippen molar-refractivity contribution in [2.24, 2.45) is 0 Å². The van der Waals surface area contributed by atoms with Crippen LogP contribution in [0, 0.1) is 0 Å². The summed E-state index contributed by atoms with van der Waals surface area (Å²) in [5.74, 6) is 0. The van der Waals surface area contributed by atoms with E-state index in [1.165, 1.54) is 30.4 Å². The first-order chi connectivity index (χ1) is 14.8. The van der Waals surface area contributed by atoms with Gasteiger partial charge in [0.25, 0.3) is 0 Å².